The second-order valence-corrected chi connectivity index (χ2v) is 6.41. The Morgan fingerprint density at radius 3 is 2.30 bits per heavy atom. The van der Waals surface area contributed by atoms with Gasteiger partial charge in [0.1, 0.15) is 5.56 Å². The second kappa shape index (κ2) is 5.05. The van der Waals surface area contributed by atoms with Gasteiger partial charge in [0.15, 0.2) is 9.84 Å². The molecule has 0 aliphatic heterocycles. The molecule has 0 saturated heterocycles. The Kier molecular flexibility index (Phi) is 3.59. The first kappa shape index (κ1) is 14.2. The molecule has 0 fully saturated rings. The highest BCUT2D eigenvalue weighted by molar-refractivity contribution is 7.90. The number of carbonyl (C=O) groups is 1. The molecule has 1 heterocycles. The van der Waals surface area contributed by atoms with Crippen molar-refractivity contribution in [3.8, 4) is 11.3 Å². The molecule has 0 spiro atoms. The number of benzene rings is 1. The Morgan fingerprint density at radius 1 is 1.20 bits per heavy atom. The van der Waals surface area contributed by atoms with Crippen molar-refractivity contribution in [2.75, 3.05) is 6.26 Å². The Bertz CT molecular complexity index is 767. The van der Waals surface area contributed by atoms with E-state index in [0.29, 0.717) is 11.3 Å². The van der Waals surface area contributed by atoms with E-state index in [1.165, 1.54) is 6.07 Å². The third-order valence-corrected chi connectivity index (χ3v) is 3.89. The Balaban J connectivity index is 2.88. The first-order valence-corrected chi connectivity index (χ1v) is 7.70. The molecule has 104 valence electrons. The van der Waals surface area contributed by atoms with Crippen LogP contribution in [0.2, 0.25) is 0 Å². The van der Waals surface area contributed by atoms with Crippen LogP contribution in [0.25, 0.3) is 11.3 Å². The van der Waals surface area contributed by atoms with Crippen LogP contribution in [-0.4, -0.2) is 30.7 Å². The summed E-state index contributed by atoms with van der Waals surface area (Å²) in [7, 11) is -3.65. The van der Waals surface area contributed by atoms with Crippen LogP contribution in [0, 0.1) is 6.92 Å². The van der Waals surface area contributed by atoms with Crippen LogP contribution in [0.1, 0.15) is 16.1 Å². The number of aromatic nitrogens is 1. The van der Waals surface area contributed by atoms with Crippen LogP contribution in [-0.2, 0) is 9.84 Å². The number of sulfone groups is 1. The topological polar surface area (TPSA) is 84.3 Å². The number of carboxylic acid groups (broad SMARTS) is 1. The lowest BCUT2D eigenvalue weighted by Gasteiger charge is -2.11. The van der Waals surface area contributed by atoms with Crippen LogP contribution >= 0.6 is 0 Å². The van der Waals surface area contributed by atoms with Crippen molar-refractivity contribution in [1.29, 1.82) is 0 Å². The van der Waals surface area contributed by atoms with Crippen molar-refractivity contribution in [3.05, 3.63) is 47.7 Å². The summed E-state index contributed by atoms with van der Waals surface area (Å²) in [6.45, 7) is 1.63. The molecule has 0 radical (unpaired) electrons. The lowest BCUT2D eigenvalue weighted by molar-refractivity contribution is 0.0693. The van der Waals surface area contributed by atoms with E-state index in [1.54, 1.807) is 37.3 Å². The number of carboxylic acids is 1. The average Bonchev–Trinajstić information content (AvgIpc) is 2.37. The largest absolute Gasteiger partial charge is 0.478 e. The fraction of sp³-hybridized carbons (Fsp3) is 0.143. The smallest absolute Gasteiger partial charge is 0.339 e. The molecular weight excluding hydrogens is 278 g/mol. The first-order valence-electron chi connectivity index (χ1n) is 5.81. The normalized spacial score (nSPS) is 11.3. The maximum absolute atomic E-state index is 11.8. The quantitative estimate of drug-likeness (QED) is 0.936. The van der Waals surface area contributed by atoms with E-state index < -0.39 is 15.8 Å². The number of rotatable bonds is 3. The summed E-state index contributed by atoms with van der Waals surface area (Å²) < 4.78 is 23.6. The Hall–Kier alpha value is -2.21. The predicted molar refractivity (Wildman–Crippen MR) is 74.5 cm³/mol. The molecule has 2 rings (SSSR count). The lowest BCUT2D eigenvalue weighted by atomic mass is 10.1. The SMILES string of the molecule is Cc1cc(S(C)(=O)=O)c(C(=O)O)c(-c2ccccc2)n1. The summed E-state index contributed by atoms with van der Waals surface area (Å²) >= 11 is 0. The maximum atomic E-state index is 11.8. The summed E-state index contributed by atoms with van der Waals surface area (Å²) in [5, 5.41) is 9.36. The van der Waals surface area contributed by atoms with Crippen LogP contribution in [0.4, 0.5) is 0 Å². The minimum absolute atomic E-state index is 0.165. The van der Waals surface area contributed by atoms with Crippen LogP contribution in [0.3, 0.4) is 0 Å². The van der Waals surface area contributed by atoms with Crippen molar-refractivity contribution >= 4 is 15.8 Å². The van der Waals surface area contributed by atoms with Gasteiger partial charge < -0.3 is 5.11 Å². The molecule has 6 heteroatoms. The molecule has 5 nitrogen and oxygen atoms in total. The second-order valence-electron chi connectivity index (χ2n) is 4.43. The minimum Gasteiger partial charge on any atom is -0.478 e. The molecular formula is C14H13NO4S. The molecule has 0 aliphatic carbocycles. The first-order chi connectivity index (χ1) is 9.30. The summed E-state index contributed by atoms with van der Waals surface area (Å²) in [6, 6.07) is 9.94. The zero-order valence-corrected chi connectivity index (χ0v) is 11.8. The zero-order chi connectivity index (χ0) is 14.9. The monoisotopic (exact) mass is 291 g/mol. The molecule has 1 aromatic carbocycles. The summed E-state index contributed by atoms with van der Waals surface area (Å²) in [4.78, 5) is 15.5. The van der Waals surface area contributed by atoms with Gasteiger partial charge in [-0.1, -0.05) is 30.3 Å². The predicted octanol–water partition coefficient (Wildman–Crippen LogP) is 2.16. The van der Waals surface area contributed by atoms with Gasteiger partial charge in [-0.15, -0.1) is 0 Å². The third-order valence-electron chi connectivity index (χ3n) is 2.77. The minimum atomic E-state index is -3.65. The zero-order valence-electron chi connectivity index (χ0n) is 11.0. The molecule has 2 aromatic rings. The molecule has 1 aromatic heterocycles. The number of hydrogen-bond acceptors (Lipinski definition) is 4. The Morgan fingerprint density at radius 2 is 1.80 bits per heavy atom. The number of aromatic carboxylic acids is 1. The fourth-order valence-electron chi connectivity index (χ4n) is 1.95. The van der Waals surface area contributed by atoms with Crippen molar-refractivity contribution in [2.24, 2.45) is 0 Å². The molecule has 0 amide bonds. The van der Waals surface area contributed by atoms with Crippen LogP contribution in [0.5, 0.6) is 0 Å². The highest BCUT2D eigenvalue weighted by Gasteiger charge is 2.24. The van der Waals surface area contributed by atoms with E-state index in [1.807, 2.05) is 0 Å². The van der Waals surface area contributed by atoms with Gasteiger partial charge in [0.2, 0.25) is 0 Å². The number of hydrogen-bond donors (Lipinski definition) is 1. The van der Waals surface area contributed by atoms with E-state index >= 15 is 0 Å². The molecule has 0 aliphatic rings. The molecule has 1 N–H and O–H groups in total. The number of pyridine rings is 1. The average molecular weight is 291 g/mol. The van der Waals surface area contributed by atoms with E-state index in [0.717, 1.165) is 6.26 Å². The van der Waals surface area contributed by atoms with Gasteiger partial charge in [0, 0.05) is 17.5 Å². The lowest BCUT2D eigenvalue weighted by Crippen LogP contribution is -2.12. The number of aryl methyl sites for hydroxylation is 1. The van der Waals surface area contributed by atoms with Crippen molar-refractivity contribution in [3.63, 3.8) is 0 Å². The van der Waals surface area contributed by atoms with E-state index in [4.69, 9.17) is 0 Å². The van der Waals surface area contributed by atoms with Crippen LogP contribution < -0.4 is 0 Å². The van der Waals surface area contributed by atoms with Crippen molar-refractivity contribution in [2.45, 2.75) is 11.8 Å². The fourth-order valence-corrected chi connectivity index (χ4v) is 2.89. The molecule has 0 atom stereocenters. The summed E-state index contributed by atoms with van der Waals surface area (Å²) in [6.07, 6.45) is 0.989. The van der Waals surface area contributed by atoms with Gasteiger partial charge in [-0.25, -0.2) is 13.2 Å². The van der Waals surface area contributed by atoms with E-state index in [-0.39, 0.29) is 16.2 Å². The van der Waals surface area contributed by atoms with Gasteiger partial charge in [0.25, 0.3) is 0 Å². The van der Waals surface area contributed by atoms with Gasteiger partial charge >= 0.3 is 5.97 Å². The van der Waals surface area contributed by atoms with Gasteiger partial charge in [-0.3, -0.25) is 4.98 Å². The van der Waals surface area contributed by atoms with Crippen molar-refractivity contribution < 1.29 is 18.3 Å². The highest BCUT2D eigenvalue weighted by atomic mass is 32.2. The maximum Gasteiger partial charge on any atom is 0.339 e. The number of nitrogens with zero attached hydrogens (tertiary/aromatic N) is 1. The summed E-state index contributed by atoms with van der Waals surface area (Å²) in [5.41, 5.74) is 0.899. The molecule has 0 saturated carbocycles. The molecule has 0 bridgehead atoms. The third kappa shape index (κ3) is 2.70. The van der Waals surface area contributed by atoms with Gasteiger partial charge in [-0.2, -0.15) is 0 Å². The summed E-state index contributed by atoms with van der Waals surface area (Å²) in [5.74, 6) is -1.31. The van der Waals surface area contributed by atoms with Gasteiger partial charge in [-0.05, 0) is 13.0 Å². The van der Waals surface area contributed by atoms with Gasteiger partial charge in [0.05, 0.1) is 10.6 Å². The molecule has 20 heavy (non-hydrogen) atoms. The highest BCUT2D eigenvalue weighted by Crippen LogP contribution is 2.28. The van der Waals surface area contributed by atoms with Crippen LogP contribution in [0.15, 0.2) is 41.3 Å². The standard InChI is InChI=1S/C14H13NO4S/c1-9-8-11(20(2,18)19)12(14(16)17)13(15-9)10-6-4-3-5-7-10/h3-8H,1-2H3,(H,16,17). The van der Waals surface area contributed by atoms with Crippen molar-refractivity contribution in [1.82, 2.24) is 4.98 Å². The Labute approximate surface area is 116 Å². The van der Waals surface area contributed by atoms with E-state index in [2.05, 4.69) is 4.98 Å². The van der Waals surface area contributed by atoms with E-state index in [9.17, 15) is 18.3 Å². The molecule has 0 unspecified atom stereocenters.